The third kappa shape index (κ3) is 2.91. The fraction of sp³-hybridized carbons (Fsp3) is 0. The molecule has 1 aromatic carbocycles. The standard InChI is InChI=1S/C12H7Cl2NO3/c13-10-2-1-7(5-9(10)12(16)17)18-8-3-4-15-11(14)6-8/h1-6H,(H,16,17). The molecule has 0 amide bonds. The molecule has 6 heteroatoms. The number of benzene rings is 1. The highest BCUT2D eigenvalue weighted by molar-refractivity contribution is 6.33. The third-order valence-corrected chi connectivity index (χ3v) is 2.64. The van der Waals surface area contributed by atoms with Crippen molar-refractivity contribution in [2.45, 2.75) is 0 Å². The topological polar surface area (TPSA) is 59.4 Å². The summed E-state index contributed by atoms with van der Waals surface area (Å²) >= 11 is 11.5. The molecule has 0 aliphatic rings. The summed E-state index contributed by atoms with van der Waals surface area (Å²) < 4.78 is 5.46. The Kier molecular flexibility index (Phi) is 3.69. The van der Waals surface area contributed by atoms with Gasteiger partial charge in [0, 0.05) is 12.3 Å². The van der Waals surface area contributed by atoms with Gasteiger partial charge in [-0.25, -0.2) is 9.78 Å². The number of carbonyl (C=O) groups is 1. The van der Waals surface area contributed by atoms with Gasteiger partial charge in [-0.1, -0.05) is 23.2 Å². The minimum Gasteiger partial charge on any atom is -0.478 e. The van der Waals surface area contributed by atoms with E-state index in [0.29, 0.717) is 16.7 Å². The second-order valence-corrected chi connectivity index (χ2v) is 4.16. The lowest BCUT2D eigenvalue weighted by Crippen LogP contribution is -1.97. The Morgan fingerprint density at radius 3 is 2.56 bits per heavy atom. The van der Waals surface area contributed by atoms with Gasteiger partial charge < -0.3 is 9.84 Å². The number of aromatic nitrogens is 1. The maximum atomic E-state index is 10.9. The summed E-state index contributed by atoms with van der Waals surface area (Å²) in [5.41, 5.74) is -0.0191. The molecule has 0 saturated carbocycles. The van der Waals surface area contributed by atoms with Crippen LogP contribution in [0.4, 0.5) is 0 Å². The number of aromatic carboxylic acids is 1. The van der Waals surface area contributed by atoms with E-state index in [-0.39, 0.29) is 10.6 Å². The number of rotatable bonds is 3. The molecule has 1 N–H and O–H groups in total. The van der Waals surface area contributed by atoms with Gasteiger partial charge in [-0.15, -0.1) is 0 Å². The van der Waals surface area contributed by atoms with Crippen LogP contribution >= 0.6 is 23.2 Å². The van der Waals surface area contributed by atoms with E-state index < -0.39 is 5.97 Å². The van der Waals surface area contributed by atoms with Crippen LogP contribution in [0.1, 0.15) is 10.4 Å². The minimum absolute atomic E-state index is 0.0191. The summed E-state index contributed by atoms with van der Waals surface area (Å²) in [6.07, 6.45) is 1.49. The molecule has 0 saturated heterocycles. The molecule has 0 aliphatic carbocycles. The van der Waals surface area contributed by atoms with E-state index in [9.17, 15) is 4.79 Å². The average molecular weight is 284 g/mol. The lowest BCUT2D eigenvalue weighted by atomic mass is 10.2. The van der Waals surface area contributed by atoms with Gasteiger partial charge in [-0.2, -0.15) is 0 Å². The highest BCUT2D eigenvalue weighted by Gasteiger charge is 2.10. The van der Waals surface area contributed by atoms with Gasteiger partial charge in [0.2, 0.25) is 0 Å². The molecule has 0 radical (unpaired) electrons. The van der Waals surface area contributed by atoms with Crippen molar-refractivity contribution in [2.24, 2.45) is 0 Å². The fourth-order valence-electron chi connectivity index (χ4n) is 1.32. The Hall–Kier alpha value is -1.78. The van der Waals surface area contributed by atoms with Crippen molar-refractivity contribution < 1.29 is 14.6 Å². The highest BCUT2D eigenvalue weighted by Crippen LogP contribution is 2.27. The van der Waals surface area contributed by atoms with E-state index in [2.05, 4.69) is 4.98 Å². The molecule has 0 unspecified atom stereocenters. The predicted molar refractivity (Wildman–Crippen MR) is 67.7 cm³/mol. The molecule has 2 rings (SSSR count). The summed E-state index contributed by atoms with van der Waals surface area (Å²) in [5, 5.41) is 9.38. The van der Waals surface area contributed by atoms with E-state index in [1.807, 2.05) is 0 Å². The zero-order valence-corrected chi connectivity index (χ0v) is 10.4. The number of carboxylic acids is 1. The van der Waals surface area contributed by atoms with Crippen LogP contribution in [0.15, 0.2) is 36.5 Å². The van der Waals surface area contributed by atoms with Crippen molar-refractivity contribution in [3.63, 3.8) is 0 Å². The second kappa shape index (κ2) is 5.25. The van der Waals surface area contributed by atoms with Gasteiger partial charge in [0.15, 0.2) is 0 Å². The molecule has 92 valence electrons. The number of halogens is 2. The van der Waals surface area contributed by atoms with Crippen LogP contribution in [0.3, 0.4) is 0 Å². The second-order valence-electron chi connectivity index (χ2n) is 3.36. The molecule has 4 nitrogen and oxygen atoms in total. The van der Waals surface area contributed by atoms with E-state index in [1.165, 1.54) is 24.4 Å². The van der Waals surface area contributed by atoms with Crippen LogP contribution in [-0.4, -0.2) is 16.1 Å². The molecular formula is C12H7Cl2NO3. The predicted octanol–water partition coefficient (Wildman–Crippen LogP) is 3.88. The lowest BCUT2D eigenvalue weighted by Gasteiger charge is -2.07. The van der Waals surface area contributed by atoms with Crippen LogP contribution in [0.2, 0.25) is 10.2 Å². The minimum atomic E-state index is -1.11. The zero-order valence-electron chi connectivity index (χ0n) is 8.93. The lowest BCUT2D eigenvalue weighted by molar-refractivity contribution is 0.0696. The van der Waals surface area contributed by atoms with Crippen LogP contribution in [0, 0.1) is 0 Å². The van der Waals surface area contributed by atoms with E-state index in [1.54, 1.807) is 12.1 Å². The molecular weight excluding hydrogens is 277 g/mol. The smallest absolute Gasteiger partial charge is 0.337 e. The van der Waals surface area contributed by atoms with Crippen LogP contribution in [-0.2, 0) is 0 Å². The van der Waals surface area contributed by atoms with E-state index >= 15 is 0 Å². The third-order valence-electron chi connectivity index (χ3n) is 2.10. The van der Waals surface area contributed by atoms with Crippen molar-refractivity contribution in [2.75, 3.05) is 0 Å². The number of hydrogen-bond acceptors (Lipinski definition) is 3. The largest absolute Gasteiger partial charge is 0.478 e. The Morgan fingerprint density at radius 2 is 1.89 bits per heavy atom. The molecule has 0 bridgehead atoms. The van der Waals surface area contributed by atoms with Gasteiger partial charge in [-0.3, -0.25) is 0 Å². The van der Waals surface area contributed by atoms with Gasteiger partial charge in [0.25, 0.3) is 0 Å². The molecule has 0 atom stereocenters. The molecule has 1 heterocycles. The Morgan fingerprint density at radius 1 is 1.17 bits per heavy atom. The molecule has 0 spiro atoms. The fourth-order valence-corrected chi connectivity index (χ4v) is 1.68. The van der Waals surface area contributed by atoms with E-state index in [4.69, 9.17) is 33.0 Å². The van der Waals surface area contributed by atoms with Gasteiger partial charge in [0.1, 0.15) is 16.7 Å². The molecule has 18 heavy (non-hydrogen) atoms. The van der Waals surface area contributed by atoms with Crippen molar-refractivity contribution in [1.82, 2.24) is 4.98 Å². The normalized spacial score (nSPS) is 10.1. The van der Waals surface area contributed by atoms with Crippen LogP contribution in [0.5, 0.6) is 11.5 Å². The number of pyridine rings is 1. The Labute approximate surface area is 113 Å². The summed E-state index contributed by atoms with van der Waals surface area (Å²) in [4.78, 5) is 14.7. The van der Waals surface area contributed by atoms with Gasteiger partial charge in [-0.05, 0) is 24.3 Å². The number of hydrogen-bond donors (Lipinski definition) is 1. The maximum Gasteiger partial charge on any atom is 0.337 e. The molecule has 2 aromatic rings. The first-order chi connectivity index (χ1) is 8.56. The van der Waals surface area contributed by atoms with E-state index in [0.717, 1.165) is 0 Å². The first kappa shape index (κ1) is 12.7. The van der Waals surface area contributed by atoms with Crippen LogP contribution in [0.25, 0.3) is 0 Å². The zero-order chi connectivity index (χ0) is 13.1. The Bertz CT molecular complexity index is 602. The van der Waals surface area contributed by atoms with Gasteiger partial charge >= 0.3 is 5.97 Å². The first-order valence-corrected chi connectivity index (χ1v) is 5.64. The molecule has 1 aromatic heterocycles. The number of nitrogens with zero attached hydrogens (tertiary/aromatic N) is 1. The number of ether oxygens (including phenoxy) is 1. The van der Waals surface area contributed by atoms with Crippen molar-refractivity contribution >= 4 is 29.2 Å². The SMILES string of the molecule is O=C(O)c1cc(Oc2ccnc(Cl)c2)ccc1Cl. The summed E-state index contributed by atoms with van der Waals surface area (Å²) in [7, 11) is 0. The summed E-state index contributed by atoms with van der Waals surface area (Å²) in [6.45, 7) is 0. The summed E-state index contributed by atoms with van der Waals surface area (Å²) in [6, 6.07) is 7.52. The van der Waals surface area contributed by atoms with Crippen molar-refractivity contribution in [3.8, 4) is 11.5 Å². The Balaban J connectivity index is 2.30. The molecule has 0 fully saturated rings. The first-order valence-electron chi connectivity index (χ1n) is 4.88. The monoisotopic (exact) mass is 283 g/mol. The average Bonchev–Trinajstić information content (AvgIpc) is 2.31. The quantitative estimate of drug-likeness (QED) is 0.869. The van der Waals surface area contributed by atoms with Crippen molar-refractivity contribution in [1.29, 1.82) is 0 Å². The maximum absolute atomic E-state index is 10.9. The summed E-state index contributed by atoms with van der Waals surface area (Å²) in [5.74, 6) is -0.286. The number of carboxylic acid groups (broad SMARTS) is 1. The van der Waals surface area contributed by atoms with Crippen molar-refractivity contribution in [3.05, 3.63) is 52.3 Å². The van der Waals surface area contributed by atoms with Gasteiger partial charge in [0.05, 0.1) is 10.6 Å². The highest BCUT2D eigenvalue weighted by atomic mass is 35.5. The van der Waals surface area contributed by atoms with Crippen LogP contribution < -0.4 is 4.74 Å². The molecule has 0 aliphatic heterocycles.